The normalized spacial score (nSPS) is 16.8. The summed E-state index contributed by atoms with van der Waals surface area (Å²) < 4.78 is 5.37. The summed E-state index contributed by atoms with van der Waals surface area (Å²) in [6.07, 6.45) is 3.38. The average Bonchev–Trinajstić information content (AvgIpc) is 2.75. The number of ether oxygens (including phenoxy) is 1. The zero-order valence-corrected chi connectivity index (χ0v) is 14.0. The number of nitrogens with zero attached hydrogens (tertiary/aromatic N) is 1. The van der Waals surface area contributed by atoms with Crippen LogP contribution >= 0.6 is 11.3 Å². The third-order valence-electron chi connectivity index (χ3n) is 2.98. The lowest BCUT2D eigenvalue weighted by molar-refractivity contribution is 0.00752. The fraction of sp³-hybridized carbons (Fsp3) is 0.500. The number of aryl methyl sites for hydroxylation is 1. The number of carbonyl (C=O) groups excluding carboxylic acids is 2. The van der Waals surface area contributed by atoms with Crippen LogP contribution in [0.25, 0.3) is 0 Å². The van der Waals surface area contributed by atoms with E-state index in [-0.39, 0.29) is 11.8 Å². The first-order valence-electron chi connectivity index (χ1n) is 6.95. The summed E-state index contributed by atoms with van der Waals surface area (Å²) in [5.74, 6) is -0.330. The van der Waals surface area contributed by atoms with Crippen molar-refractivity contribution >= 4 is 23.1 Å². The van der Waals surface area contributed by atoms with Gasteiger partial charge in [0.05, 0.1) is 0 Å². The molecule has 5 heteroatoms. The minimum atomic E-state index is -0.526. The predicted octanol–water partition coefficient (Wildman–Crippen LogP) is 3.28. The summed E-state index contributed by atoms with van der Waals surface area (Å²) in [5.41, 5.74) is 0.919. The molecule has 114 valence electrons. The zero-order valence-electron chi connectivity index (χ0n) is 13.1. The Morgan fingerprint density at radius 2 is 2.00 bits per heavy atom. The van der Waals surface area contributed by atoms with Crippen LogP contribution in [-0.4, -0.2) is 36.3 Å². The van der Waals surface area contributed by atoms with Crippen LogP contribution in [0.2, 0.25) is 0 Å². The Morgan fingerprint density at radius 3 is 2.57 bits per heavy atom. The van der Waals surface area contributed by atoms with Gasteiger partial charge in [-0.2, -0.15) is 0 Å². The predicted molar refractivity (Wildman–Crippen MR) is 83.9 cm³/mol. The molecule has 21 heavy (non-hydrogen) atoms. The molecule has 0 spiro atoms. The highest BCUT2D eigenvalue weighted by Crippen LogP contribution is 2.33. The lowest BCUT2D eigenvalue weighted by Gasteiger charge is -2.18. The van der Waals surface area contributed by atoms with Gasteiger partial charge in [0.15, 0.2) is 5.78 Å². The van der Waals surface area contributed by atoms with E-state index in [1.165, 1.54) is 11.3 Å². The second-order valence-electron chi connectivity index (χ2n) is 6.40. The van der Waals surface area contributed by atoms with Gasteiger partial charge >= 0.3 is 5.97 Å². The molecule has 1 aromatic rings. The minimum absolute atomic E-state index is 0.0241. The number of esters is 1. The highest BCUT2D eigenvalue weighted by atomic mass is 32.1. The van der Waals surface area contributed by atoms with Crippen LogP contribution in [0.15, 0.2) is 17.8 Å². The molecule has 0 N–H and O–H groups in total. The van der Waals surface area contributed by atoms with E-state index in [2.05, 4.69) is 0 Å². The molecule has 0 unspecified atom stereocenters. The van der Waals surface area contributed by atoms with Crippen LogP contribution in [0.5, 0.6) is 0 Å². The molecule has 0 atom stereocenters. The fourth-order valence-electron chi connectivity index (χ4n) is 2.21. The molecular formula is C16H21NO3S. The largest absolute Gasteiger partial charge is 0.456 e. The van der Waals surface area contributed by atoms with E-state index in [1.807, 2.05) is 46.0 Å². The summed E-state index contributed by atoms with van der Waals surface area (Å²) in [5, 5.41) is 0. The van der Waals surface area contributed by atoms with Gasteiger partial charge in [0, 0.05) is 36.3 Å². The summed E-state index contributed by atoms with van der Waals surface area (Å²) in [7, 11) is 3.80. The third-order valence-corrected chi connectivity index (χ3v) is 4.16. The Morgan fingerprint density at radius 1 is 1.33 bits per heavy atom. The molecule has 0 aromatic carbocycles. The quantitative estimate of drug-likeness (QED) is 0.621. The van der Waals surface area contributed by atoms with Crippen LogP contribution < -0.4 is 0 Å². The van der Waals surface area contributed by atoms with Crippen molar-refractivity contribution in [2.45, 2.75) is 39.2 Å². The molecule has 0 fully saturated rings. The maximum atomic E-state index is 12.4. The van der Waals surface area contributed by atoms with Crippen molar-refractivity contribution in [3.05, 3.63) is 33.2 Å². The Kier molecular flexibility index (Phi) is 4.23. The van der Waals surface area contributed by atoms with Gasteiger partial charge in [-0.15, -0.1) is 11.3 Å². The Hall–Kier alpha value is -1.62. The molecule has 0 radical (unpaired) electrons. The molecule has 0 saturated heterocycles. The fourth-order valence-corrected chi connectivity index (χ4v) is 3.24. The molecule has 1 heterocycles. The topological polar surface area (TPSA) is 46.6 Å². The lowest BCUT2D eigenvalue weighted by atomic mass is 9.93. The third kappa shape index (κ3) is 3.73. The highest BCUT2D eigenvalue weighted by Gasteiger charge is 2.28. The van der Waals surface area contributed by atoms with E-state index >= 15 is 0 Å². The van der Waals surface area contributed by atoms with Crippen LogP contribution in [0.1, 0.15) is 52.1 Å². The molecule has 1 aliphatic rings. The SMILES string of the molecule is CN(C)/C=C1\CCc2sc(C(=O)OC(C)(C)C)cc2C1=O. The molecule has 0 bridgehead atoms. The van der Waals surface area contributed by atoms with Gasteiger partial charge in [-0.3, -0.25) is 4.79 Å². The van der Waals surface area contributed by atoms with E-state index in [4.69, 9.17) is 4.74 Å². The van der Waals surface area contributed by atoms with Crippen LogP contribution in [-0.2, 0) is 11.2 Å². The molecule has 4 nitrogen and oxygen atoms in total. The number of ketones is 1. The van der Waals surface area contributed by atoms with Crippen LogP contribution in [0.4, 0.5) is 0 Å². The monoisotopic (exact) mass is 307 g/mol. The minimum Gasteiger partial charge on any atom is -0.456 e. The van der Waals surface area contributed by atoms with Crippen molar-refractivity contribution in [3.63, 3.8) is 0 Å². The number of carbonyl (C=O) groups is 2. The average molecular weight is 307 g/mol. The lowest BCUT2D eigenvalue weighted by Crippen LogP contribution is -2.23. The number of rotatable bonds is 2. The van der Waals surface area contributed by atoms with Crippen molar-refractivity contribution in [2.75, 3.05) is 14.1 Å². The number of thiophene rings is 1. The van der Waals surface area contributed by atoms with E-state index < -0.39 is 5.60 Å². The second-order valence-corrected chi connectivity index (χ2v) is 7.53. The smallest absolute Gasteiger partial charge is 0.348 e. The van der Waals surface area contributed by atoms with Gasteiger partial charge in [-0.05, 0) is 39.7 Å². The first kappa shape index (κ1) is 15.8. The van der Waals surface area contributed by atoms with Crippen LogP contribution in [0, 0.1) is 0 Å². The van der Waals surface area contributed by atoms with Gasteiger partial charge < -0.3 is 9.64 Å². The van der Waals surface area contributed by atoms with E-state index in [1.54, 1.807) is 6.07 Å². The number of fused-ring (bicyclic) bond motifs is 1. The molecule has 0 amide bonds. The number of allylic oxidation sites excluding steroid dienone is 1. The number of Topliss-reactive ketones (excluding diaryl/α,β-unsaturated/α-hetero) is 1. The van der Waals surface area contributed by atoms with Crippen molar-refractivity contribution in [1.82, 2.24) is 4.90 Å². The summed E-state index contributed by atoms with van der Waals surface area (Å²) in [4.78, 5) is 27.9. The molecular weight excluding hydrogens is 286 g/mol. The van der Waals surface area contributed by atoms with E-state index in [0.717, 1.165) is 23.3 Å². The van der Waals surface area contributed by atoms with Crippen molar-refractivity contribution in [3.8, 4) is 0 Å². The molecule has 0 saturated carbocycles. The first-order chi connectivity index (χ1) is 9.67. The zero-order chi connectivity index (χ0) is 15.8. The number of hydrogen-bond donors (Lipinski definition) is 0. The van der Waals surface area contributed by atoms with Gasteiger partial charge in [0.25, 0.3) is 0 Å². The van der Waals surface area contributed by atoms with Crippen molar-refractivity contribution in [1.29, 1.82) is 0 Å². The van der Waals surface area contributed by atoms with E-state index in [0.29, 0.717) is 10.4 Å². The van der Waals surface area contributed by atoms with Gasteiger partial charge in [-0.1, -0.05) is 0 Å². The van der Waals surface area contributed by atoms with Gasteiger partial charge in [0.1, 0.15) is 10.5 Å². The van der Waals surface area contributed by atoms with Crippen molar-refractivity contribution < 1.29 is 14.3 Å². The van der Waals surface area contributed by atoms with Crippen molar-refractivity contribution in [2.24, 2.45) is 0 Å². The standard InChI is InChI=1S/C16H21NO3S/c1-16(2,3)20-15(19)13-8-11-12(21-13)7-6-10(14(11)18)9-17(4)5/h8-9H,6-7H2,1-5H3/b10-9+. The maximum Gasteiger partial charge on any atom is 0.348 e. The van der Waals surface area contributed by atoms with Gasteiger partial charge in [-0.25, -0.2) is 4.79 Å². The first-order valence-corrected chi connectivity index (χ1v) is 7.77. The van der Waals surface area contributed by atoms with E-state index in [9.17, 15) is 9.59 Å². The van der Waals surface area contributed by atoms with Gasteiger partial charge in [0.2, 0.25) is 0 Å². The summed E-state index contributed by atoms with van der Waals surface area (Å²) in [6, 6.07) is 1.68. The highest BCUT2D eigenvalue weighted by molar-refractivity contribution is 7.14. The Balaban J connectivity index is 2.27. The number of hydrogen-bond acceptors (Lipinski definition) is 5. The summed E-state index contributed by atoms with van der Waals surface area (Å²) >= 11 is 1.37. The maximum absolute atomic E-state index is 12.4. The Labute approximate surface area is 129 Å². The van der Waals surface area contributed by atoms with Crippen LogP contribution in [0.3, 0.4) is 0 Å². The Bertz CT molecular complexity index is 606. The second kappa shape index (κ2) is 5.64. The molecule has 0 aliphatic heterocycles. The summed E-state index contributed by atoms with van der Waals surface area (Å²) in [6.45, 7) is 5.50. The molecule has 1 aromatic heterocycles. The molecule has 2 rings (SSSR count). The molecule has 1 aliphatic carbocycles.